The summed E-state index contributed by atoms with van der Waals surface area (Å²) in [6.45, 7) is 6.80. The van der Waals surface area contributed by atoms with Gasteiger partial charge in [0, 0.05) is 36.9 Å². The average Bonchev–Trinajstić information content (AvgIpc) is 3.98. The van der Waals surface area contributed by atoms with Crippen molar-refractivity contribution >= 4 is 51.9 Å². The number of hydrogen-bond acceptors (Lipinski definition) is 9. The second-order valence-electron chi connectivity index (χ2n) is 14.6. The lowest BCUT2D eigenvalue weighted by atomic mass is 9.76. The predicted octanol–water partition coefficient (Wildman–Crippen LogP) is 8.26. The molecule has 1 atom stereocenters. The molecule has 13 heteroatoms. The molecule has 3 aromatic carbocycles. The Morgan fingerprint density at radius 3 is 2.41 bits per heavy atom. The van der Waals surface area contributed by atoms with E-state index < -0.39 is 11.4 Å². The number of carbonyl (C=O) groups excluding carboxylic acids is 3. The second kappa shape index (κ2) is 16.7. The molecular formula is C43H46Cl2N4O7. The van der Waals surface area contributed by atoms with Gasteiger partial charge in [0.1, 0.15) is 11.5 Å². The van der Waals surface area contributed by atoms with Gasteiger partial charge in [0.15, 0.2) is 17.3 Å². The van der Waals surface area contributed by atoms with Gasteiger partial charge in [-0.3, -0.25) is 14.4 Å². The number of para-hydroxylation sites is 2. The molecule has 2 aliphatic rings. The van der Waals surface area contributed by atoms with Crippen LogP contribution in [0.4, 0.5) is 0 Å². The molecule has 0 aliphatic carbocycles. The lowest BCUT2D eigenvalue weighted by molar-refractivity contribution is -0.132. The minimum Gasteiger partial charge on any atom is -0.496 e. The number of halogens is 2. The van der Waals surface area contributed by atoms with E-state index in [1.54, 1.807) is 23.3 Å². The van der Waals surface area contributed by atoms with E-state index in [0.29, 0.717) is 78.2 Å². The largest absolute Gasteiger partial charge is 0.496 e. The highest BCUT2D eigenvalue weighted by Gasteiger charge is 2.43. The third-order valence-corrected chi connectivity index (χ3v) is 12.1. The molecule has 0 radical (unpaired) electrons. The number of rotatable bonds is 13. The molecule has 0 bridgehead atoms. The number of hydrogen-bond donors (Lipinski definition) is 0. The number of imidazole rings is 1. The molecular weight excluding hydrogens is 755 g/mol. The molecule has 5 aromatic rings. The number of likely N-dealkylation sites (tertiary alicyclic amines) is 2. The molecule has 2 fully saturated rings. The smallest absolute Gasteiger partial charge is 0.308 e. The van der Waals surface area contributed by atoms with Gasteiger partial charge in [0.05, 0.1) is 53.7 Å². The van der Waals surface area contributed by atoms with Crippen molar-refractivity contribution < 1.29 is 33.0 Å². The lowest BCUT2D eigenvalue weighted by Crippen LogP contribution is -2.41. The lowest BCUT2D eigenvalue weighted by Gasteiger charge is -2.36. The Kier molecular flexibility index (Phi) is 11.8. The number of amides is 1. The Hall–Kier alpha value is -4.84. The fourth-order valence-electron chi connectivity index (χ4n) is 8.37. The van der Waals surface area contributed by atoms with Gasteiger partial charge in [0.2, 0.25) is 5.78 Å². The summed E-state index contributed by atoms with van der Waals surface area (Å²) >= 11 is 13.0. The number of aromatic nitrogens is 2. The van der Waals surface area contributed by atoms with E-state index in [2.05, 4.69) is 4.90 Å². The van der Waals surface area contributed by atoms with Crippen LogP contribution >= 0.6 is 23.2 Å². The number of ketones is 1. The molecule has 11 nitrogen and oxygen atoms in total. The first-order valence-corrected chi connectivity index (χ1v) is 19.8. The fraction of sp³-hybridized carbons (Fsp3) is 0.395. The van der Waals surface area contributed by atoms with Crippen molar-refractivity contribution in [3.63, 3.8) is 0 Å². The first kappa shape index (κ1) is 39.4. The maximum Gasteiger partial charge on any atom is 0.308 e. The fourth-order valence-corrected chi connectivity index (χ4v) is 8.67. The summed E-state index contributed by atoms with van der Waals surface area (Å²) in [6.07, 6.45) is 5.02. The summed E-state index contributed by atoms with van der Waals surface area (Å²) in [7, 11) is 3.02. The Balaban J connectivity index is 1.09. The highest BCUT2D eigenvalue weighted by atomic mass is 35.5. The van der Waals surface area contributed by atoms with Gasteiger partial charge >= 0.3 is 5.97 Å². The summed E-state index contributed by atoms with van der Waals surface area (Å²) in [6, 6.07) is 18.9. The maximum atomic E-state index is 14.4. The van der Waals surface area contributed by atoms with Crippen LogP contribution in [0.2, 0.25) is 10.0 Å². The number of esters is 1. The number of piperidine rings is 1. The molecule has 1 amide bonds. The van der Waals surface area contributed by atoms with Crippen LogP contribution in [0.5, 0.6) is 17.2 Å². The molecule has 2 aromatic heterocycles. The number of furan rings is 1. The Morgan fingerprint density at radius 1 is 0.946 bits per heavy atom. The first-order valence-electron chi connectivity index (χ1n) is 19.0. The molecule has 0 saturated carbocycles. The summed E-state index contributed by atoms with van der Waals surface area (Å²) in [5, 5.41) is 0.912. The highest BCUT2D eigenvalue weighted by molar-refractivity contribution is 6.42. The van der Waals surface area contributed by atoms with Crippen LogP contribution in [0.1, 0.15) is 77.4 Å². The SMILES string of the molecule is CCc1c(OC)cc(C(=O)N2CCC(CCN3CCC(C(=O)c4nc5ccccc5n4Cc4ccco4)CC3)(c3ccc(Cl)c(Cl)c3)C2)c(OC(C)=O)c1OC. The monoisotopic (exact) mass is 800 g/mol. The average molecular weight is 802 g/mol. The van der Waals surface area contributed by atoms with Crippen molar-refractivity contribution in [2.45, 2.75) is 57.9 Å². The van der Waals surface area contributed by atoms with Gasteiger partial charge in [-0.05, 0) is 99.8 Å². The van der Waals surface area contributed by atoms with Crippen LogP contribution in [0.25, 0.3) is 11.0 Å². The summed E-state index contributed by atoms with van der Waals surface area (Å²) < 4.78 is 24.6. The van der Waals surface area contributed by atoms with Gasteiger partial charge < -0.3 is 33.0 Å². The van der Waals surface area contributed by atoms with Crippen molar-refractivity contribution in [2.24, 2.45) is 5.92 Å². The minimum atomic E-state index is -0.561. The van der Waals surface area contributed by atoms with E-state index in [0.717, 1.165) is 48.4 Å². The number of nitrogens with zero attached hydrogens (tertiary/aromatic N) is 4. The Morgan fingerprint density at radius 2 is 1.73 bits per heavy atom. The van der Waals surface area contributed by atoms with Crippen molar-refractivity contribution in [3.05, 3.63) is 105 Å². The molecule has 0 spiro atoms. The molecule has 0 N–H and O–H groups in total. The molecule has 56 heavy (non-hydrogen) atoms. The third kappa shape index (κ3) is 7.77. The molecule has 7 rings (SSSR count). The van der Waals surface area contributed by atoms with Gasteiger partial charge in [-0.25, -0.2) is 4.98 Å². The summed E-state index contributed by atoms with van der Waals surface area (Å²) in [5.74, 6) is 1.15. The topological polar surface area (TPSA) is 116 Å². The standard InChI is InChI=1S/C43H46Cl2N4O7/c1-5-31-37(53-3)24-32(40(39(31)54-4)56-27(2)50)42(52)48-21-17-43(26-48,29-12-13-33(44)34(45)23-29)16-20-47-18-14-28(15-19-47)38(51)41-46-35-10-6-7-11-36(35)49(41)25-30-9-8-22-55-30/h6-13,22-24,28H,5,14-21,25-26H2,1-4H3. The normalized spacial score (nSPS) is 17.7. The number of ether oxygens (including phenoxy) is 3. The van der Waals surface area contributed by atoms with Crippen LogP contribution in [0.15, 0.2) is 71.3 Å². The van der Waals surface area contributed by atoms with E-state index in [1.807, 2.05) is 60.0 Å². The van der Waals surface area contributed by atoms with Crippen molar-refractivity contribution in [2.75, 3.05) is 46.9 Å². The maximum absolute atomic E-state index is 14.4. The minimum absolute atomic E-state index is 0.0537. The van der Waals surface area contributed by atoms with E-state index in [9.17, 15) is 14.4 Å². The zero-order chi connectivity index (χ0) is 39.6. The Bertz CT molecular complexity index is 2250. The highest BCUT2D eigenvalue weighted by Crippen LogP contribution is 2.45. The van der Waals surface area contributed by atoms with Gasteiger partial charge in [0.25, 0.3) is 5.91 Å². The van der Waals surface area contributed by atoms with Crippen molar-refractivity contribution in [1.82, 2.24) is 19.4 Å². The van der Waals surface area contributed by atoms with Crippen LogP contribution in [0, 0.1) is 5.92 Å². The van der Waals surface area contributed by atoms with Gasteiger partial charge in [-0.1, -0.05) is 48.3 Å². The molecule has 4 heterocycles. The van der Waals surface area contributed by atoms with Gasteiger partial charge in [-0.15, -0.1) is 0 Å². The number of methoxy groups -OCH3 is 2. The second-order valence-corrected chi connectivity index (χ2v) is 15.4. The van der Waals surface area contributed by atoms with E-state index in [-0.39, 0.29) is 28.9 Å². The summed E-state index contributed by atoms with van der Waals surface area (Å²) in [4.78, 5) is 49.8. The zero-order valence-corrected chi connectivity index (χ0v) is 33.6. The third-order valence-electron chi connectivity index (χ3n) is 11.4. The van der Waals surface area contributed by atoms with Crippen LogP contribution < -0.4 is 14.2 Å². The van der Waals surface area contributed by atoms with Crippen molar-refractivity contribution in [3.8, 4) is 17.2 Å². The first-order chi connectivity index (χ1) is 27.0. The van der Waals surface area contributed by atoms with Gasteiger partial charge in [-0.2, -0.15) is 0 Å². The number of fused-ring (bicyclic) bond motifs is 1. The van der Waals surface area contributed by atoms with E-state index in [4.69, 9.17) is 46.8 Å². The van der Waals surface area contributed by atoms with Crippen LogP contribution in [0.3, 0.4) is 0 Å². The molecule has 2 aliphatic heterocycles. The molecule has 2 saturated heterocycles. The number of Topliss-reactive ketones (excluding diaryl/α,β-unsaturated/α-hetero) is 1. The Labute approximate surface area is 336 Å². The van der Waals surface area contributed by atoms with Crippen LogP contribution in [-0.2, 0) is 23.2 Å². The quantitative estimate of drug-likeness (QED) is 0.0660. The zero-order valence-electron chi connectivity index (χ0n) is 32.1. The van der Waals surface area contributed by atoms with Crippen molar-refractivity contribution in [1.29, 1.82) is 0 Å². The molecule has 294 valence electrons. The van der Waals surface area contributed by atoms with Crippen LogP contribution in [-0.4, -0.2) is 84.0 Å². The molecule has 1 unspecified atom stereocenters. The predicted molar refractivity (Wildman–Crippen MR) is 215 cm³/mol. The van der Waals surface area contributed by atoms with E-state index >= 15 is 0 Å². The number of carbonyl (C=O) groups is 3. The van der Waals surface area contributed by atoms with E-state index in [1.165, 1.54) is 21.1 Å². The summed E-state index contributed by atoms with van der Waals surface area (Å²) in [5.41, 5.74) is 3.15. The number of benzene rings is 3.